The molecule has 118 valence electrons. The number of amides is 1. The largest absolute Gasteiger partial charge is 0.328 e. The molecule has 1 aromatic carbocycles. The van der Waals surface area contributed by atoms with Crippen molar-refractivity contribution in [2.45, 2.75) is 26.3 Å². The summed E-state index contributed by atoms with van der Waals surface area (Å²) in [5, 5.41) is 9.50. The van der Waals surface area contributed by atoms with E-state index in [1.54, 1.807) is 18.5 Å². The van der Waals surface area contributed by atoms with Crippen molar-refractivity contribution in [2.75, 3.05) is 5.32 Å². The summed E-state index contributed by atoms with van der Waals surface area (Å²) in [6.07, 6.45) is 5.69. The Balaban J connectivity index is 1.65. The molecular weight excluding hydrogens is 290 g/mol. The summed E-state index contributed by atoms with van der Waals surface area (Å²) < 4.78 is 2.12. The van der Waals surface area contributed by atoms with Crippen LogP contribution in [0, 0.1) is 6.92 Å². The van der Waals surface area contributed by atoms with Gasteiger partial charge in [0.05, 0.1) is 12.5 Å². The van der Waals surface area contributed by atoms with Gasteiger partial charge < -0.3 is 9.88 Å². The van der Waals surface area contributed by atoms with Crippen LogP contribution in [0.5, 0.6) is 0 Å². The van der Waals surface area contributed by atoms with Crippen LogP contribution in [0.3, 0.4) is 0 Å². The molecule has 6 nitrogen and oxygen atoms in total. The molecule has 0 saturated heterocycles. The lowest BCUT2D eigenvalue weighted by molar-refractivity contribution is -0.115. The van der Waals surface area contributed by atoms with E-state index in [0.717, 1.165) is 22.8 Å². The lowest BCUT2D eigenvalue weighted by Gasteiger charge is -2.16. The molecule has 0 bridgehead atoms. The zero-order valence-electron chi connectivity index (χ0n) is 13.2. The molecule has 6 heteroatoms. The third-order valence-electron chi connectivity index (χ3n) is 3.87. The number of aromatic nitrogens is 4. The number of carbonyl (C=O) groups excluding carboxylic acids is 1. The number of rotatable bonds is 5. The van der Waals surface area contributed by atoms with Gasteiger partial charge in [0.2, 0.25) is 5.91 Å². The average molecular weight is 309 g/mol. The fourth-order valence-corrected chi connectivity index (χ4v) is 2.56. The number of aromatic amines is 1. The Morgan fingerprint density at radius 3 is 2.65 bits per heavy atom. The van der Waals surface area contributed by atoms with Crippen LogP contribution in [0.4, 0.5) is 5.69 Å². The van der Waals surface area contributed by atoms with Crippen LogP contribution in [0.2, 0.25) is 0 Å². The summed E-state index contributed by atoms with van der Waals surface area (Å²) in [6, 6.07) is 9.88. The van der Waals surface area contributed by atoms with Gasteiger partial charge in [-0.2, -0.15) is 5.10 Å². The number of H-pyrrole nitrogens is 1. The van der Waals surface area contributed by atoms with E-state index in [2.05, 4.69) is 32.0 Å². The predicted molar refractivity (Wildman–Crippen MR) is 88.1 cm³/mol. The molecule has 0 radical (unpaired) electrons. The van der Waals surface area contributed by atoms with E-state index < -0.39 is 0 Å². The van der Waals surface area contributed by atoms with Crippen molar-refractivity contribution in [3.8, 4) is 0 Å². The Bertz CT molecular complexity index is 774. The number of anilines is 1. The summed E-state index contributed by atoms with van der Waals surface area (Å²) in [6.45, 7) is 4.11. The van der Waals surface area contributed by atoms with Crippen molar-refractivity contribution in [2.24, 2.45) is 0 Å². The minimum absolute atomic E-state index is 0.0690. The maximum Gasteiger partial charge on any atom is 0.230 e. The second-order valence-electron chi connectivity index (χ2n) is 5.49. The highest BCUT2D eigenvalue weighted by Gasteiger charge is 2.10. The second-order valence-corrected chi connectivity index (χ2v) is 5.49. The van der Waals surface area contributed by atoms with Crippen molar-refractivity contribution in [3.05, 3.63) is 66.0 Å². The van der Waals surface area contributed by atoms with Gasteiger partial charge in [0, 0.05) is 30.0 Å². The molecular formula is C17H19N5O. The van der Waals surface area contributed by atoms with E-state index in [-0.39, 0.29) is 18.4 Å². The molecule has 0 spiro atoms. The lowest BCUT2D eigenvalue weighted by Crippen LogP contribution is -2.14. The van der Waals surface area contributed by atoms with Crippen LogP contribution in [0.15, 0.2) is 48.9 Å². The lowest BCUT2D eigenvalue weighted by atomic mass is 10.1. The molecule has 2 heterocycles. The normalized spacial score (nSPS) is 12.1. The summed E-state index contributed by atoms with van der Waals surface area (Å²) in [7, 11) is 0. The smallest absolute Gasteiger partial charge is 0.230 e. The number of imidazole rings is 1. The number of hydrogen-bond donors (Lipinski definition) is 2. The fourth-order valence-electron chi connectivity index (χ4n) is 2.56. The van der Waals surface area contributed by atoms with Gasteiger partial charge in [0.25, 0.3) is 0 Å². The van der Waals surface area contributed by atoms with Crippen LogP contribution < -0.4 is 5.32 Å². The Kier molecular flexibility index (Phi) is 4.23. The molecule has 0 aliphatic carbocycles. The number of carbonyl (C=O) groups is 1. The zero-order valence-corrected chi connectivity index (χ0v) is 13.2. The third-order valence-corrected chi connectivity index (χ3v) is 3.87. The van der Waals surface area contributed by atoms with E-state index in [9.17, 15) is 4.79 Å². The highest BCUT2D eigenvalue weighted by Crippen LogP contribution is 2.21. The molecule has 0 aliphatic rings. The van der Waals surface area contributed by atoms with Gasteiger partial charge >= 0.3 is 0 Å². The number of hydrogen-bond acceptors (Lipinski definition) is 3. The zero-order chi connectivity index (χ0) is 16.2. The van der Waals surface area contributed by atoms with Crippen LogP contribution >= 0.6 is 0 Å². The maximum atomic E-state index is 12.0. The van der Waals surface area contributed by atoms with Crippen molar-refractivity contribution < 1.29 is 4.79 Å². The summed E-state index contributed by atoms with van der Waals surface area (Å²) in [4.78, 5) is 16.2. The van der Waals surface area contributed by atoms with Crippen molar-refractivity contribution in [1.29, 1.82) is 0 Å². The first-order valence-corrected chi connectivity index (χ1v) is 7.51. The summed E-state index contributed by atoms with van der Waals surface area (Å²) >= 11 is 0. The highest BCUT2D eigenvalue weighted by molar-refractivity contribution is 5.91. The second kappa shape index (κ2) is 6.48. The van der Waals surface area contributed by atoms with Crippen LogP contribution in [-0.2, 0) is 11.2 Å². The van der Waals surface area contributed by atoms with Crippen molar-refractivity contribution >= 4 is 11.6 Å². The quantitative estimate of drug-likeness (QED) is 0.761. The van der Waals surface area contributed by atoms with Crippen LogP contribution in [0.1, 0.15) is 30.0 Å². The molecule has 1 atom stereocenters. The topological polar surface area (TPSA) is 75.6 Å². The van der Waals surface area contributed by atoms with Crippen molar-refractivity contribution in [3.63, 3.8) is 0 Å². The number of nitrogens with zero attached hydrogens (tertiary/aromatic N) is 3. The Labute approximate surface area is 134 Å². The van der Waals surface area contributed by atoms with Crippen LogP contribution in [0.25, 0.3) is 0 Å². The Hall–Kier alpha value is -2.89. The first kappa shape index (κ1) is 15.0. The van der Waals surface area contributed by atoms with E-state index >= 15 is 0 Å². The average Bonchev–Trinajstić information content (AvgIpc) is 3.19. The predicted octanol–water partition coefficient (Wildman–Crippen LogP) is 2.71. The summed E-state index contributed by atoms with van der Waals surface area (Å²) in [5.74, 6) is 0.912. The third kappa shape index (κ3) is 3.48. The SMILES string of the molecule is Cc1nccn1[C@@H](C)c1ccc(NC(=O)Cc2ccn[nH]2)cc1. The van der Waals surface area contributed by atoms with Crippen LogP contribution in [-0.4, -0.2) is 25.7 Å². The first-order chi connectivity index (χ1) is 11.1. The van der Waals surface area contributed by atoms with E-state index in [0.29, 0.717) is 0 Å². The molecule has 0 fully saturated rings. The van der Waals surface area contributed by atoms with Gasteiger partial charge in [-0.25, -0.2) is 4.98 Å². The minimum Gasteiger partial charge on any atom is -0.328 e. The molecule has 2 aromatic heterocycles. The molecule has 0 saturated carbocycles. The van der Waals surface area contributed by atoms with Gasteiger partial charge in [-0.1, -0.05) is 12.1 Å². The number of benzene rings is 1. The standard InChI is InChI=1S/C17H19N5O/c1-12(22-10-9-18-13(22)2)14-3-5-15(6-4-14)20-17(23)11-16-7-8-19-21-16/h3-10,12H,11H2,1-2H3,(H,19,21)(H,20,23)/t12-/m0/s1. The molecule has 0 unspecified atom stereocenters. The van der Waals surface area contributed by atoms with Gasteiger partial charge in [-0.3, -0.25) is 9.89 Å². The van der Waals surface area contributed by atoms with E-state index in [1.807, 2.05) is 37.4 Å². The van der Waals surface area contributed by atoms with Gasteiger partial charge in [-0.15, -0.1) is 0 Å². The maximum absolute atomic E-state index is 12.0. The minimum atomic E-state index is -0.0690. The Morgan fingerprint density at radius 2 is 2.04 bits per heavy atom. The Morgan fingerprint density at radius 1 is 1.26 bits per heavy atom. The molecule has 1 amide bonds. The molecule has 2 N–H and O–H groups in total. The molecule has 0 aliphatic heterocycles. The van der Waals surface area contributed by atoms with Crippen molar-refractivity contribution in [1.82, 2.24) is 19.7 Å². The number of nitrogens with one attached hydrogen (secondary N) is 2. The molecule has 3 aromatic rings. The van der Waals surface area contributed by atoms with E-state index in [1.165, 1.54) is 0 Å². The van der Waals surface area contributed by atoms with Gasteiger partial charge in [0.1, 0.15) is 5.82 Å². The summed E-state index contributed by atoms with van der Waals surface area (Å²) in [5.41, 5.74) is 2.74. The highest BCUT2D eigenvalue weighted by atomic mass is 16.1. The van der Waals surface area contributed by atoms with Gasteiger partial charge in [0.15, 0.2) is 0 Å². The van der Waals surface area contributed by atoms with E-state index in [4.69, 9.17) is 0 Å². The number of aryl methyl sites for hydroxylation is 1. The fraction of sp³-hybridized carbons (Fsp3) is 0.235. The van der Waals surface area contributed by atoms with Gasteiger partial charge in [-0.05, 0) is 37.6 Å². The molecule has 3 rings (SSSR count). The first-order valence-electron chi connectivity index (χ1n) is 7.51. The molecule has 23 heavy (non-hydrogen) atoms. The monoisotopic (exact) mass is 309 g/mol.